The Kier molecular flexibility index (Phi) is 6.36. The highest BCUT2D eigenvalue weighted by Crippen LogP contribution is 2.15. The Morgan fingerprint density at radius 1 is 0.957 bits per heavy atom. The molecular formula is C19H22N2O2. The smallest absolute Gasteiger partial charge is 0.253 e. The van der Waals surface area contributed by atoms with Crippen molar-refractivity contribution in [1.82, 2.24) is 5.32 Å². The molecule has 0 aliphatic heterocycles. The van der Waals surface area contributed by atoms with Crippen LogP contribution in [-0.2, 0) is 11.2 Å². The Hall–Kier alpha value is -2.62. The van der Waals surface area contributed by atoms with Crippen molar-refractivity contribution in [3.05, 3.63) is 65.7 Å². The molecule has 2 amide bonds. The van der Waals surface area contributed by atoms with E-state index in [0.29, 0.717) is 30.6 Å². The summed E-state index contributed by atoms with van der Waals surface area (Å²) in [6.07, 6.45) is 1.93. The normalized spacial score (nSPS) is 10.1. The van der Waals surface area contributed by atoms with Crippen LogP contribution in [-0.4, -0.2) is 18.4 Å². The van der Waals surface area contributed by atoms with Crippen LogP contribution in [0.25, 0.3) is 0 Å². The second kappa shape index (κ2) is 8.73. The summed E-state index contributed by atoms with van der Waals surface area (Å²) in [6.45, 7) is 2.62. The first kappa shape index (κ1) is 16.7. The summed E-state index contributed by atoms with van der Waals surface area (Å²) < 4.78 is 0. The molecule has 0 unspecified atom stereocenters. The molecule has 0 saturated heterocycles. The fraction of sp³-hybridized carbons (Fsp3) is 0.263. The van der Waals surface area contributed by atoms with Crippen LogP contribution in [0.5, 0.6) is 0 Å². The minimum Gasteiger partial charge on any atom is -0.352 e. The molecule has 2 aromatic rings. The Balaban J connectivity index is 1.96. The number of para-hydroxylation sites is 1. The largest absolute Gasteiger partial charge is 0.352 e. The SMILES string of the molecule is CCCNC(=O)c1ccccc1NC(=O)CCc1ccccc1. The molecule has 0 aliphatic rings. The standard InChI is InChI=1S/C19H22N2O2/c1-2-14-20-19(23)16-10-6-7-11-17(16)21-18(22)13-12-15-8-4-3-5-9-15/h3-11H,2,12-14H2,1H3,(H,20,23)(H,21,22). The van der Waals surface area contributed by atoms with Gasteiger partial charge in [-0.25, -0.2) is 0 Å². The third-order valence-electron chi connectivity index (χ3n) is 3.46. The number of amides is 2. The molecule has 0 fully saturated rings. The number of rotatable bonds is 7. The minimum absolute atomic E-state index is 0.0930. The van der Waals surface area contributed by atoms with Gasteiger partial charge < -0.3 is 10.6 Å². The van der Waals surface area contributed by atoms with Crippen LogP contribution in [0, 0.1) is 0 Å². The highest BCUT2D eigenvalue weighted by molar-refractivity contribution is 6.03. The average Bonchev–Trinajstić information content (AvgIpc) is 2.59. The van der Waals surface area contributed by atoms with Gasteiger partial charge in [-0.1, -0.05) is 49.4 Å². The Bertz CT molecular complexity index is 653. The second-order valence-electron chi connectivity index (χ2n) is 5.34. The molecule has 0 aromatic heterocycles. The predicted octanol–water partition coefficient (Wildman–Crippen LogP) is 3.40. The van der Waals surface area contributed by atoms with E-state index in [0.717, 1.165) is 12.0 Å². The van der Waals surface area contributed by atoms with Crippen molar-refractivity contribution in [1.29, 1.82) is 0 Å². The fourth-order valence-corrected chi connectivity index (χ4v) is 2.24. The summed E-state index contributed by atoms with van der Waals surface area (Å²) in [5.41, 5.74) is 2.17. The average molecular weight is 310 g/mol. The lowest BCUT2D eigenvalue weighted by atomic mass is 10.1. The molecule has 4 heteroatoms. The Morgan fingerprint density at radius 2 is 1.65 bits per heavy atom. The van der Waals surface area contributed by atoms with Gasteiger partial charge in [-0.3, -0.25) is 9.59 Å². The van der Waals surface area contributed by atoms with E-state index in [4.69, 9.17) is 0 Å². The maximum Gasteiger partial charge on any atom is 0.253 e. The molecule has 0 spiro atoms. The number of hydrogen-bond donors (Lipinski definition) is 2. The first-order valence-corrected chi connectivity index (χ1v) is 7.91. The third kappa shape index (κ3) is 5.25. The van der Waals surface area contributed by atoms with Crippen molar-refractivity contribution in [2.24, 2.45) is 0 Å². The summed E-state index contributed by atoms with van der Waals surface area (Å²) in [5, 5.41) is 5.67. The molecule has 0 bridgehead atoms. The van der Waals surface area contributed by atoms with E-state index in [1.807, 2.05) is 43.3 Å². The summed E-state index contributed by atoms with van der Waals surface area (Å²) in [4.78, 5) is 24.3. The molecular weight excluding hydrogens is 288 g/mol. The van der Waals surface area contributed by atoms with E-state index in [2.05, 4.69) is 10.6 Å². The quantitative estimate of drug-likeness (QED) is 0.823. The maximum absolute atomic E-state index is 12.1. The van der Waals surface area contributed by atoms with Crippen molar-refractivity contribution in [2.45, 2.75) is 26.2 Å². The maximum atomic E-state index is 12.1. The molecule has 0 radical (unpaired) electrons. The van der Waals surface area contributed by atoms with Gasteiger partial charge in [-0.05, 0) is 30.5 Å². The fourth-order valence-electron chi connectivity index (χ4n) is 2.24. The van der Waals surface area contributed by atoms with Gasteiger partial charge in [0.25, 0.3) is 5.91 Å². The van der Waals surface area contributed by atoms with Crippen molar-refractivity contribution < 1.29 is 9.59 Å². The van der Waals surface area contributed by atoms with E-state index >= 15 is 0 Å². The highest BCUT2D eigenvalue weighted by atomic mass is 16.2. The van der Waals surface area contributed by atoms with Crippen LogP contribution in [0.15, 0.2) is 54.6 Å². The van der Waals surface area contributed by atoms with Crippen molar-refractivity contribution in [3.63, 3.8) is 0 Å². The van der Waals surface area contributed by atoms with E-state index in [1.165, 1.54) is 0 Å². The number of nitrogens with one attached hydrogen (secondary N) is 2. The first-order valence-electron chi connectivity index (χ1n) is 7.91. The lowest BCUT2D eigenvalue weighted by molar-refractivity contribution is -0.116. The van der Waals surface area contributed by atoms with Gasteiger partial charge in [0.15, 0.2) is 0 Å². The summed E-state index contributed by atoms with van der Waals surface area (Å²) in [6, 6.07) is 16.9. The lowest BCUT2D eigenvalue weighted by Gasteiger charge is -2.11. The van der Waals surface area contributed by atoms with Gasteiger partial charge in [0, 0.05) is 13.0 Å². The molecule has 2 N–H and O–H groups in total. The van der Waals surface area contributed by atoms with Crippen LogP contribution >= 0.6 is 0 Å². The Morgan fingerprint density at radius 3 is 2.39 bits per heavy atom. The zero-order chi connectivity index (χ0) is 16.5. The van der Waals surface area contributed by atoms with E-state index in [-0.39, 0.29) is 11.8 Å². The lowest BCUT2D eigenvalue weighted by Crippen LogP contribution is -2.25. The van der Waals surface area contributed by atoms with E-state index in [1.54, 1.807) is 18.2 Å². The van der Waals surface area contributed by atoms with E-state index < -0.39 is 0 Å². The van der Waals surface area contributed by atoms with Gasteiger partial charge in [-0.2, -0.15) is 0 Å². The van der Waals surface area contributed by atoms with Crippen LogP contribution in [0.2, 0.25) is 0 Å². The van der Waals surface area contributed by atoms with Crippen molar-refractivity contribution in [3.8, 4) is 0 Å². The number of aryl methyl sites for hydroxylation is 1. The topological polar surface area (TPSA) is 58.2 Å². The van der Waals surface area contributed by atoms with Gasteiger partial charge in [0.1, 0.15) is 0 Å². The Labute approximate surface area is 136 Å². The molecule has 4 nitrogen and oxygen atoms in total. The second-order valence-corrected chi connectivity index (χ2v) is 5.34. The monoisotopic (exact) mass is 310 g/mol. The summed E-state index contributed by atoms with van der Waals surface area (Å²) in [7, 11) is 0. The summed E-state index contributed by atoms with van der Waals surface area (Å²) in [5.74, 6) is -0.254. The molecule has 0 heterocycles. The zero-order valence-electron chi connectivity index (χ0n) is 13.3. The van der Waals surface area contributed by atoms with Crippen molar-refractivity contribution in [2.75, 3.05) is 11.9 Å². The minimum atomic E-state index is -0.161. The molecule has 2 aromatic carbocycles. The van der Waals surface area contributed by atoms with Crippen LogP contribution in [0.3, 0.4) is 0 Å². The summed E-state index contributed by atoms with van der Waals surface area (Å²) >= 11 is 0. The molecule has 0 saturated carbocycles. The zero-order valence-corrected chi connectivity index (χ0v) is 13.3. The number of carbonyl (C=O) groups excluding carboxylic acids is 2. The third-order valence-corrected chi connectivity index (χ3v) is 3.46. The predicted molar refractivity (Wildman–Crippen MR) is 92.5 cm³/mol. The molecule has 120 valence electrons. The number of carbonyl (C=O) groups is 2. The molecule has 0 aliphatic carbocycles. The molecule has 23 heavy (non-hydrogen) atoms. The van der Waals surface area contributed by atoms with Gasteiger partial charge >= 0.3 is 0 Å². The van der Waals surface area contributed by atoms with Crippen molar-refractivity contribution >= 4 is 17.5 Å². The number of anilines is 1. The van der Waals surface area contributed by atoms with Crippen LogP contribution in [0.4, 0.5) is 5.69 Å². The van der Waals surface area contributed by atoms with Gasteiger partial charge in [-0.15, -0.1) is 0 Å². The van der Waals surface area contributed by atoms with Gasteiger partial charge in [0.2, 0.25) is 5.91 Å². The number of hydrogen-bond acceptors (Lipinski definition) is 2. The first-order chi connectivity index (χ1) is 11.2. The molecule has 0 atom stereocenters. The number of benzene rings is 2. The van der Waals surface area contributed by atoms with Crippen LogP contribution < -0.4 is 10.6 Å². The van der Waals surface area contributed by atoms with Gasteiger partial charge in [0.05, 0.1) is 11.3 Å². The highest BCUT2D eigenvalue weighted by Gasteiger charge is 2.12. The molecule has 2 rings (SSSR count). The van der Waals surface area contributed by atoms with Crippen LogP contribution in [0.1, 0.15) is 35.7 Å². The van der Waals surface area contributed by atoms with E-state index in [9.17, 15) is 9.59 Å².